The van der Waals surface area contributed by atoms with E-state index in [-0.39, 0.29) is 16.2 Å². The number of ether oxygens (including phenoxy) is 1. The highest BCUT2D eigenvalue weighted by Crippen LogP contribution is 2.63. The van der Waals surface area contributed by atoms with Crippen molar-refractivity contribution >= 4 is 17.5 Å². The zero-order valence-electron chi connectivity index (χ0n) is 13.6. The van der Waals surface area contributed by atoms with Crippen LogP contribution in [0.25, 0.3) is 0 Å². The first-order valence-electron chi connectivity index (χ1n) is 8.60. The van der Waals surface area contributed by atoms with E-state index in [1.807, 2.05) is 24.3 Å². The van der Waals surface area contributed by atoms with Gasteiger partial charge in [-0.05, 0) is 80.0 Å². The van der Waals surface area contributed by atoms with Gasteiger partial charge in [0.25, 0.3) is 5.91 Å². The summed E-state index contributed by atoms with van der Waals surface area (Å²) in [5.74, 6) is 2.32. The minimum absolute atomic E-state index is 0.00650. The predicted octanol–water partition coefficient (Wildman–Crippen LogP) is 4.00. The Morgan fingerprint density at radius 1 is 1.22 bits per heavy atom. The van der Waals surface area contributed by atoms with Gasteiger partial charge in [-0.1, -0.05) is 0 Å². The van der Waals surface area contributed by atoms with Crippen LogP contribution in [0.3, 0.4) is 0 Å². The Bertz CT molecular complexity index is 598. The minimum Gasteiger partial charge on any atom is -0.497 e. The standard InChI is InChI=1S/C19H24ClNO2/c1-23-16-4-2-15(3-5-16)17(22)21-12-18-7-13-6-14(8-18)10-19(20,9-13)11-18/h2-5,13-14H,6-12H2,1H3,(H,21,22)/t13-,14-,18?,19?/m1/s1. The molecule has 4 saturated carbocycles. The minimum atomic E-state index is 0.00650. The topological polar surface area (TPSA) is 38.3 Å². The average molecular weight is 334 g/mol. The summed E-state index contributed by atoms with van der Waals surface area (Å²) in [6, 6.07) is 7.29. The lowest BCUT2D eigenvalue weighted by atomic mass is 9.49. The van der Waals surface area contributed by atoms with Gasteiger partial charge in [-0.15, -0.1) is 11.6 Å². The maximum absolute atomic E-state index is 12.4. The molecule has 4 aliphatic carbocycles. The van der Waals surface area contributed by atoms with Crippen LogP contribution in [0.5, 0.6) is 5.75 Å². The van der Waals surface area contributed by atoms with Gasteiger partial charge < -0.3 is 10.1 Å². The van der Waals surface area contributed by atoms with Crippen LogP contribution in [0, 0.1) is 17.3 Å². The molecule has 2 atom stereocenters. The number of amides is 1. The van der Waals surface area contributed by atoms with Crippen molar-refractivity contribution in [3.63, 3.8) is 0 Å². The van der Waals surface area contributed by atoms with E-state index in [1.54, 1.807) is 7.11 Å². The molecule has 0 heterocycles. The Labute approximate surface area is 142 Å². The Morgan fingerprint density at radius 2 is 1.87 bits per heavy atom. The first-order chi connectivity index (χ1) is 11.0. The van der Waals surface area contributed by atoms with E-state index in [2.05, 4.69) is 5.32 Å². The number of carbonyl (C=O) groups is 1. The van der Waals surface area contributed by atoms with Crippen molar-refractivity contribution in [3.05, 3.63) is 29.8 Å². The molecule has 0 spiro atoms. The SMILES string of the molecule is COc1ccc(C(=O)NCC23C[C@H]4C[C@@H](CC(Cl)(C4)C2)C3)cc1. The van der Waals surface area contributed by atoms with Crippen molar-refractivity contribution in [1.82, 2.24) is 5.32 Å². The molecule has 0 aliphatic heterocycles. The Morgan fingerprint density at radius 3 is 2.43 bits per heavy atom. The monoisotopic (exact) mass is 333 g/mol. The van der Waals surface area contributed by atoms with Gasteiger partial charge in [0.15, 0.2) is 0 Å². The molecule has 0 saturated heterocycles. The van der Waals surface area contributed by atoms with Crippen molar-refractivity contribution in [2.75, 3.05) is 13.7 Å². The highest BCUT2D eigenvalue weighted by molar-refractivity contribution is 6.24. The number of methoxy groups -OCH3 is 1. The van der Waals surface area contributed by atoms with Gasteiger partial charge in [0.1, 0.15) is 5.75 Å². The van der Waals surface area contributed by atoms with E-state index < -0.39 is 0 Å². The molecule has 0 aromatic heterocycles. The van der Waals surface area contributed by atoms with Crippen LogP contribution in [0.15, 0.2) is 24.3 Å². The fourth-order valence-corrected chi connectivity index (χ4v) is 6.37. The highest BCUT2D eigenvalue weighted by Gasteiger charge is 2.56. The quantitative estimate of drug-likeness (QED) is 0.846. The summed E-state index contributed by atoms with van der Waals surface area (Å²) >= 11 is 6.86. The van der Waals surface area contributed by atoms with Crippen LogP contribution in [0.4, 0.5) is 0 Å². The second-order valence-corrected chi connectivity index (χ2v) is 8.82. The zero-order valence-corrected chi connectivity index (χ0v) is 14.4. The third-order valence-electron chi connectivity index (χ3n) is 6.09. The lowest BCUT2D eigenvalue weighted by Crippen LogP contribution is -2.56. The molecule has 5 rings (SSSR count). The highest BCUT2D eigenvalue weighted by atomic mass is 35.5. The van der Waals surface area contributed by atoms with E-state index in [0.717, 1.165) is 30.6 Å². The van der Waals surface area contributed by atoms with Crippen molar-refractivity contribution in [2.45, 2.75) is 43.4 Å². The summed E-state index contributed by atoms with van der Waals surface area (Å²) in [6.45, 7) is 0.763. The van der Waals surface area contributed by atoms with Gasteiger partial charge in [0.2, 0.25) is 0 Å². The number of hydrogen-bond donors (Lipinski definition) is 1. The molecule has 4 fully saturated rings. The van der Waals surface area contributed by atoms with Crippen LogP contribution in [0.1, 0.15) is 48.9 Å². The second-order valence-electron chi connectivity index (χ2n) is 8.02. The Balaban J connectivity index is 1.43. The van der Waals surface area contributed by atoms with Crippen LogP contribution in [-0.4, -0.2) is 24.4 Å². The van der Waals surface area contributed by atoms with E-state index in [0.29, 0.717) is 5.56 Å². The molecule has 1 aromatic carbocycles. The summed E-state index contributed by atoms with van der Waals surface area (Å²) in [5, 5.41) is 3.17. The van der Waals surface area contributed by atoms with Crippen molar-refractivity contribution in [3.8, 4) is 5.75 Å². The second kappa shape index (κ2) is 5.41. The van der Waals surface area contributed by atoms with Gasteiger partial charge in [-0.3, -0.25) is 4.79 Å². The molecule has 1 aromatic rings. The number of alkyl halides is 1. The summed E-state index contributed by atoms with van der Waals surface area (Å²) in [5.41, 5.74) is 0.921. The molecule has 1 amide bonds. The molecular formula is C19H24ClNO2. The molecule has 1 N–H and O–H groups in total. The average Bonchev–Trinajstić information content (AvgIpc) is 2.50. The molecule has 4 aliphatic rings. The fraction of sp³-hybridized carbons (Fsp3) is 0.632. The normalized spacial score (nSPS) is 37.7. The van der Waals surface area contributed by atoms with E-state index in [1.165, 1.54) is 32.1 Å². The van der Waals surface area contributed by atoms with Crippen LogP contribution < -0.4 is 10.1 Å². The van der Waals surface area contributed by atoms with E-state index in [9.17, 15) is 4.79 Å². The maximum atomic E-state index is 12.4. The number of halogens is 1. The van der Waals surface area contributed by atoms with Crippen LogP contribution in [0.2, 0.25) is 0 Å². The van der Waals surface area contributed by atoms with Gasteiger partial charge in [-0.25, -0.2) is 0 Å². The van der Waals surface area contributed by atoms with Crippen LogP contribution >= 0.6 is 11.6 Å². The van der Waals surface area contributed by atoms with Gasteiger partial charge in [0.05, 0.1) is 7.11 Å². The fourth-order valence-electron chi connectivity index (χ4n) is 5.66. The third-order valence-corrected chi connectivity index (χ3v) is 6.53. The number of benzene rings is 1. The smallest absolute Gasteiger partial charge is 0.251 e. The molecule has 124 valence electrons. The number of nitrogens with one attached hydrogen (secondary N) is 1. The number of hydrogen-bond acceptors (Lipinski definition) is 2. The van der Waals surface area contributed by atoms with Crippen LogP contribution in [-0.2, 0) is 0 Å². The summed E-state index contributed by atoms with van der Waals surface area (Å²) in [6.07, 6.45) is 7.25. The zero-order chi connectivity index (χ0) is 16.1. The van der Waals surface area contributed by atoms with Crippen molar-refractivity contribution < 1.29 is 9.53 Å². The summed E-state index contributed by atoms with van der Waals surface area (Å²) < 4.78 is 5.14. The third kappa shape index (κ3) is 2.84. The number of rotatable bonds is 4. The van der Waals surface area contributed by atoms with Gasteiger partial charge in [0, 0.05) is 17.0 Å². The van der Waals surface area contributed by atoms with E-state index in [4.69, 9.17) is 16.3 Å². The number of carbonyl (C=O) groups excluding carboxylic acids is 1. The summed E-state index contributed by atoms with van der Waals surface area (Å²) in [7, 11) is 1.63. The van der Waals surface area contributed by atoms with Crippen molar-refractivity contribution in [2.24, 2.45) is 17.3 Å². The Kier molecular flexibility index (Phi) is 3.60. The van der Waals surface area contributed by atoms with E-state index >= 15 is 0 Å². The Hall–Kier alpha value is -1.22. The molecular weight excluding hydrogens is 310 g/mol. The first-order valence-corrected chi connectivity index (χ1v) is 8.98. The molecule has 3 nitrogen and oxygen atoms in total. The molecule has 4 bridgehead atoms. The lowest BCUT2D eigenvalue weighted by molar-refractivity contribution is -0.0379. The predicted molar refractivity (Wildman–Crippen MR) is 91.0 cm³/mol. The molecule has 0 radical (unpaired) electrons. The summed E-state index contributed by atoms with van der Waals surface area (Å²) in [4.78, 5) is 12.4. The largest absolute Gasteiger partial charge is 0.497 e. The van der Waals surface area contributed by atoms with Gasteiger partial charge >= 0.3 is 0 Å². The van der Waals surface area contributed by atoms with Gasteiger partial charge in [-0.2, -0.15) is 0 Å². The lowest BCUT2D eigenvalue weighted by Gasteiger charge is -2.60. The maximum Gasteiger partial charge on any atom is 0.251 e. The molecule has 23 heavy (non-hydrogen) atoms. The molecule has 0 unspecified atom stereocenters. The molecule has 4 heteroatoms. The first kappa shape index (κ1) is 15.3. The van der Waals surface area contributed by atoms with Crippen molar-refractivity contribution in [1.29, 1.82) is 0 Å².